The van der Waals surface area contributed by atoms with Crippen LogP contribution in [0, 0.1) is 0 Å². The normalized spacial score (nSPS) is 11.5. The summed E-state index contributed by atoms with van der Waals surface area (Å²) in [6, 6.07) is 0. The lowest BCUT2D eigenvalue weighted by Crippen LogP contribution is -2.19. The van der Waals surface area contributed by atoms with Crippen molar-refractivity contribution in [3.8, 4) is 0 Å². The van der Waals surface area contributed by atoms with Gasteiger partial charge in [0.05, 0.1) is 6.61 Å². The van der Waals surface area contributed by atoms with Gasteiger partial charge in [-0.2, -0.15) is 0 Å². The van der Waals surface area contributed by atoms with Gasteiger partial charge in [0.15, 0.2) is 0 Å². The number of aliphatic hydroxyl groups excluding tert-OH is 1. The van der Waals surface area contributed by atoms with Crippen LogP contribution < -0.4 is 0 Å². The molecule has 0 aliphatic heterocycles. The lowest BCUT2D eigenvalue weighted by molar-refractivity contribution is -0.152. The van der Waals surface area contributed by atoms with Crippen LogP contribution in [0.4, 0.5) is 0 Å². The summed E-state index contributed by atoms with van der Waals surface area (Å²) < 4.78 is 4.65. The minimum Gasteiger partial charge on any atom is -0.464 e. The number of hydrogen-bond acceptors (Lipinski definition) is 3. The van der Waals surface area contributed by atoms with Crippen molar-refractivity contribution in [3.05, 3.63) is 0 Å². The van der Waals surface area contributed by atoms with E-state index in [4.69, 9.17) is 5.11 Å². The second-order valence-electron chi connectivity index (χ2n) is 2.20. The molecule has 0 aromatic rings. The van der Waals surface area contributed by atoms with E-state index in [-0.39, 0.29) is 11.0 Å². The van der Waals surface area contributed by atoms with Crippen LogP contribution in [0.15, 0.2) is 0 Å². The van der Waals surface area contributed by atoms with Crippen molar-refractivity contribution in [1.82, 2.24) is 0 Å². The molecule has 1 atom stereocenters. The molecule has 0 fully saturated rings. The van der Waals surface area contributed by atoms with Crippen molar-refractivity contribution in [3.63, 3.8) is 0 Å². The van der Waals surface area contributed by atoms with Gasteiger partial charge in [-0.15, -0.1) is 0 Å². The maximum absolute atomic E-state index is 10.5. The number of carbonyl (C=O) groups is 1. The SMILES string of the molecule is CCCCOC(=O)C(C)O.[SiH4]. The number of aliphatic hydroxyl groups is 1. The highest BCUT2D eigenvalue weighted by Gasteiger charge is 2.08. The number of unbranched alkanes of at least 4 members (excludes halogenated alkanes) is 1. The summed E-state index contributed by atoms with van der Waals surface area (Å²) in [5, 5.41) is 8.65. The fourth-order valence-electron chi connectivity index (χ4n) is 0.438. The fourth-order valence-corrected chi connectivity index (χ4v) is 0.438. The van der Waals surface area contributed by atoms with Crippen molar-refractivity contribution in [2.24, 2.45) is 0 Å². The van der Waals surface area contributed by atoms with Gasteiger partial charge >= 0.3 is 5.97 Å². The largest absolute Gasteiger partial charge is 0.464 e. The molecule has 3 nitrogen and oxygen atoms in total. The molecule has 0 aromatic heterocycles. The van der Waals surface area contributed by atoms with Crippen molar-refractivity contribution >= 4 is 16.9 Å². The van der Waals surface area contributed by atoms with Crippen LogP contribution in [0.25, 0.3) is 0 Å². The second kappa shape index (κ2) is 7.75. The molecule has 68 valence electrons. The van der Waals surface area contributed by atoms with Gasteiger partial charge in [-0.1, -0.05) is 13.3 Å². The molecule has 1 N–H and O–H groups in total. The Labute approximate surface area is 71.8 Å². The predicted molar refractivity (Wildman–Crippen MR) is 48.9 cm³/mol. The molecule has 4 heteroatoms. The Balaban J connectivity index is 0. The molecule has 0 aromatic carbocycles. The maximum atomic E-state index is 10.5. The summed E-state index contributed by atoms with van der Waals surface area (Å²) in [4.78, 5) is 10.5. The van der Waals surface area contributed by atoms with Gasteiger partial charge in [0.2, 0.25) is 0 Å². The summed E-state index contributed by atoms with van der Waals surface area (Å²) in [6.45, 7) is 3.82. The first-order valence-electron chi connectivity index (χ1n) is 3.53. The maximum Gasteiger partial charge on any atom is 0.334 e. The third-order valence-corrected chi connectivity index (χ3v) is 1.08. The Morgan fingerprint density at radius 3 is 2.55 bits per heavy atom. The first kappa shape index (κ1) is 13.3. The highest BCUT2D eigenvalue weighted by atomic mass is 28.1. The van der Waals surface area contributed by atoms with E-state index < -0.39 is 12.1 Å². The molecule has 0 amide bonds. The Kier molecular flexibility index (Phi) is 9.34. The highest BCUT2D eigenvalue weighted by molar-refractivity contribution is 5.75. The lowest BCUT2D eigenvalue weighted by Gasteiger charge is -2.04. The van der Waals surface area contributed by atoms with Gasteiger partial charge < -0.3 is 9.84 Å². The van der Waals surface area contributed by atoms with Gasteiger partial charge in [0.1, 0.15) is 6.10 Å². The number of ether oxygens (including phenoxy) is 1. The van der Waals surface area contributed by atoms with Crippen molar-refractivity contribution < 1.29 is 14.6 Å². The topological polar surface area (TPSA) is 46.5 Å². The molecule has 0 heterocycles. The molecule has 0 spiro atoms. The number of hydrogen-bond donors (Lipinski definition) is 1. The fraction of sp³-hybridized carbons (Fsp3) is 0.857. The van der Waals surface area contributed by atoms with E-state index in [0.29, 0.717) is 6.61 Å². The van der Waals surface area contributed by atoms with Crippen LogP contribution in [0.3, 0.4) is 0 Å². The summed E-state index contributed by atoms with van der Waals surface area (Å²) in [7, 11) is 0. The van der Waals surface area contributed by atoms with Gasteiger partial charge in [-0.05, 0) is 24.3 Å². The Bertz CT molecular complexity index is 104. The highest BCUT2D eigenvalue weighted by Crippen LogP contribution is 1.91. The van der Waals surface area contributed by atoms with Crippen LogP contribution in [-0.4, -0.2) is 34.8 Å². The van der Waals surface area contributed by atoms with Gasteiger partial charge in [0, 0.05) is 0 Å². The van der Waals surface area contributed by atoms with Crippen molar-refractivity contribution in [1.29, 1.82) is 0 Å². The molecule has 11 heavy (non-hydrogen) atoms. The van der Waals surface area contributed by atoms with Crippen molar-refractivity contribution in [2.45, 2.75) is 32.8 Å². The molecule has 0 saturated carbocycles. The molecular weight excluding hydrogens is 160 g/mol. The van der Waals surface area contributed by atoms with Gasteiger partial charge in [0.25, 0.3) is 0 Å². The van der Waals surface area contributed by atoms with Crippen LogP contribution in [0.5, 0.6) is 0 Å². The molecule has 1 unspecified atom stereocenters. The number of rotatable bonds is 4. The Morgan fingerprint density at radius 2 is 2.18 bits per heavy atom. The summed E-state index contributed by atoms with van der Waals surface area (Å²) in [5.41, 5.74) is 0. The first-order valence-corrected chi connectivity index (χ1v) is 3.53. The van der Waals surface area contributed by atoms with Crippen LogP contribution in [0.2, 0.25) is 0 Å². The van der Waals surface area contributed by atoms with Crippen molar-refractivity contribution in [2.75, 3.05) is 6.61 Å². The zero-order valence-corrected chi connectivity index (χ0v) is 6.46. The molecule has 0 saturated heterocycles. The summed E-state index contributed by atoms with van der Waals surface area (Å²) in [5.74, 6) is -0.534. The predicted octanol–water partition coefficient (Wildman–Crippen LogP) is -0.741. The van der Waals surface area contributed by atoms with E-state index in [0.717, 1.165) is 12.8 Å². The van der Waals surface area contributed by atoms with E-state index in [1.807, 2.05) is 6.92 Å². The van der Waals surface area contributed by atoms with E-state index in [9.17, 15) is 4.79 Å². The van der Waals surface area contributed by atoms with E-state index in [1.165, 1.54) is 6.92 Å². The standard InChI is InChI=1S/C7H14O3.H4Si/c1-3-4-5-10-7(9)6(2)8;/h6,8H,3-5H2,1-2H3;1H4. The van der Waals surface area contributed by atoms with Crippen LogP contribution in [0.1, 0.15) is 26.7 Å². The third-order valence-electron chi connectivity index (χ3n) is 1.08. The van der Waals surface area contributed by atoms with E-state index in [2.05, 4.69) is 4.74 Å². The lowest BCUT2D eigenvalue weighted by atomic mass is 10.3. The summed E-state index contributed by atoms with van der Waals surface area (Å²) in [6.07, 6.45) is 0.864. The molecular formula is C7H18O3Si. The zero-order valence-electron chi connectivity index (χ0n) is 6.46. The Morgan fingerprint density at radius 1 is 1.64 bits per heavy atom. The molecule has 0 aliphatic carbocycles. The van der Waals surface area contributed by atoms with Gasteiger partial charge in [-0.3, -0.25) is 0 Å². The summed E-state index contributed by atoms with van der Waals surface area (Å²) >= 11 is 0. The average molecular weight is 178 g/mol. The smallest absolute Gasteiger partial charge is 0.334 e. The minimum atomic E-state index is -0.989. The third kappa shape index (κ3) is 7.54. The second-order valence-corrected chi connectivity index (χ2v) is 2.20. The van der Waals surface area contributed by atoms with Gasteiger partial charge in [-0.25, -0.2) is 4.79 Å². The Hall–Kier alpha value is -0.353. The zero-order chi connectivity index (χ0) is 7.98. The minimum absolute atomic E-state index is 0. The van der Waals surface area contributed by atoms with Crippen LogP contribution in [-0.2, 0) is 9.53 Å². The molecule has 0 bridgehead atoms. The first-order chi connectivity index (χ1) is 4.68. The average Bonchev–Trinajstić information content (AvgIpc) is 1.88. The van der Waals surface area contributed by atoms with E-state index >= 15 is 0 Å². The number of carbonyl (C=O) groups excluding carboxylic acids is 1. The molecule has 0 radical (unpaired) electrons. The number of esters is 1. The monoisotopic (exact) mass is 178 g/mol. The molecule has 0 rings (SSSR count). The quantitative estimate of drug-likeness (QED) is 0.350. The van der Waals surface area contributed by atoms with Crippen LogP contribution >= 0.6 is 0 Å². The molecule has 0 aliphatic rings. The van der Waals surface area contributed by atoms with E-state index in [1.54, 1.807) is 0 Å².